The van der Waals surface area contributed by atoms with Crippen LogP contribution in [0, 0.1) is 0 Å². The second-order valence-corrected chi connectivity index (χ2v) is 5.48. The number of rotatable bonds is 6. The van der Waals surface area contributed by atoms with Gasteiger partial charge in [0, 0.05) is 18.3 Å². The lowest BCUT2D eigenvalue weighted by molar-refractivity contribution is 0.574. The molecule has 8 nitrogen and oxygen atoms in total. The zero-order chi connectivity index (χ0) is 13.7. The molecule has 2 heterocycles. The van der Waals surface area contributed by atoms with Crippen molar-refractivity contribution in [1.29, 1.82) is 0 Å². The fourth-order valence-corrected chi connectivity index (χ4v) is 2.64. The van der Waals surface area contributed by atoms with Crippen molar-refractivity contribution in [3.05, 3.63) is 36.0 Å². The van der Waals surface area contributed by atoms with Gasteiger partial charge in [-0.2, -0.15) is 5.10 Å². The Hall–Kier alpha value is -1.84. The predicted molar refractivity (Wildman–Crippen MR) is 67.4 cm³/mol. The Kier molecular flexibility index (Phi) is 4.20. The molecule has 0 unspecified atom stereocenters. The number of sulfonamides is 1. The molecule has 0 fully saturated rings. The van der Waals surface area contributed by atoms with Crippen molar-refractivity contribution in [2.24, 2.45) is 0 Å². The second kappa shape index (κ2) is 5.87. The molecule has 19 heavy (non-hydrogen) atoms. The van der Waals surface area contributed by atoms with Crippen LogP contribution >= 0.6 is 0 Å². The lowest BCUT2D eigenvalue weighted by atomic mass is 10.4. The Balaban J connectivity index is 2.12. The summed E-state index contributed by atoms with van der Waals surface area (Å²) in [6, 6.07) is 1.64. The zero-order valence-electron chi connectivity index (χ0n) is 10.3. The number of nitrogens with one attached hydrogen (secondary N) is 3. The molecule has 0 saturated heterocycles. The highest BCUT2D eigenvalue weighted by Gasteiger charge is 2.20. The van der Waals surface area contributed by atoms with Crippen LogP contribution in [0.25, 0.3) is 0 Å². The van der Waals surface area contributed by atoms with Crippen LogP contribution in [0.15, 0.2) is 29.8 Å². The first kappa shape index (κ1) is 13.6. The molecule has 0 aromatic carbocycles. The standard InChI is InChI=1S/C10H14N6O2S/c1-11-4-8-5-14-16-10(8)19(17,18)15-6-9-2-3-12-7-13-9/h2-3,5,7,11,15H,4,6H2,1H3,(H,14,16). The molecule has 0 amide bonds. The van der Waals surface area contributed by atoms with Crippen LogP contribution < -0.4 is 10.0 Å². The van der Waals surface area contributed by atoms with Crippen molar-refractivity contribution >= 4 is 10.0 Å². The van der Waals surface area contributed by atoms with E-state index in [2.05, 4.69) is 30.2 Å². The number of hydrogen-bond acceptors (Lipinski definition) is 6. The van der Waals surface area contributed by atoms with Gasteiger partial charge in [-0.15, -0.1) is 0 Å². The van der Waals surface area contributed by atoms with Crippen molar-refractivity contribution < 1.29 is 8.42 Å². The predicted octanol–water partition coefficient (Wildman–Crippen LogP) is -0.602. The van der Waals surface area contributed by atoms with E-state index in [0.29, 0.717) is 17.8 Å². The summed E-state index contributed by atoms with van der Waals surface area (Å²) in [7, 11) is -1.90. The minimum Gasteiger partial charge on any atom is -0.316 e. The van der Waals surface area contributed by atoms with E-state index in [1.807, 2.05) is 0 Å². The van der Waals surface area contributed by atoms with Gasteiger partial charge in [0.25, 0.3) is 10.0 Å². The summed E-state index contributed by atoms with van der Waals surface area (Å²) in [4.78, 5) is 7.71. The van der Waals surface area contributed by atoms with Gasteiger partial charge in [-0.25, -0.2) is 23.1 Å². The highest BCUT2D eigenvalue weighted by atomic mass is 32.2. The van der Waals surface area contributed by atoms with Gasteiger partial charge in [0.15, 0.2) is 5.03 Å². The van der Waals surface area contributed by atoms with Gasteiger partial charge in [-0.3, -0.25) is 5.10 Å². The third-order valence-electron chi connectivity index (χ3n) is 2.40. The fraction of sp³-hybridized carbons (Fsp3) is 0.300. The Bertz CT molecular complexity index is 624. The first-order valence-corrected chi connectivity index (χ1v) is 7.03. The molecule has 2 rings (SSSR count). The average molecular weight is 282 g/mol. The quantitative estimate of drug-likeness (QED) is 0.652. The third-order valence-corrected chi connectivity index (χ3v) is 3.82. The van der Waals surface area contributed by atoms with Gasteiger partial charge in [-0.05, 0) is 13.1 Å². The van der Waals surface area contributed by atoms with E-state index >= 15 is 0 Å². The second-order valence-electron chi connectivity index (χ2n) is 3.78. The molecule has 0 bridgehead atoms. The van der Waals surface area contributed by atoms with E-state index in [1.54, 1.807) is 19.3 Å². The summed E-state index contributed by atoms with van der Waals surface area (Å²) in [5.41, 5.74) is 1.17. The van der Waals surface area contributed by atoms with Crippen molar-refractivity contribution in [3.8, 4) is 0 Å². The summed E-state index contributed by atoms with van der Waals surface area (Å²) < 4.78 is 26.7. The maximum atomic E-state index is 12.1. The monoisotopic (exact) mass is 282 g/mol. The molecule has 2 aromatic rings. The fourth-order valence-electron chi connectivity index (χ4n) is 1.51. The largest absolute Gasteiger partial charge is 0.316 e. The minimum atomic E-state index is -3.64. The maximum absolute atomic E-state index is 12.1. The normalized spacial score (nSPS) is 11.6. The molecule has 2 aromatic heterocycles. The van der Waals surface area contributed by atoms with Crippen LogP contribution in [0.1, 0.15) is 11.3 Å². The molecule has 0 radical (unpaired) electrons. The maximum Gasteiger partial charge on any atom is 0.258 e. The Morgan fingerprint density at radius 2 is 2.21 bits per heavy atom. The number of aromatic amines is 1. The molecular weight excluding hydrogens is 268 g/mol. The SMILES string of the molecule is CNCc1cn[nH]c1S(=O)(=O)NCc1ccncn1. The first-order valence-electron chi connectivity index (χ1n) is 5.55. The van der Waals surface area contributed by atoms with Gasteiger partial charge >= 0.3 is 0 Å². The number of nitrogens with zero attached hydrogens (tertiary/aromatic N) is 3. The molecule has 9 heteroatoms. The van der Waals surface area contributed by atoms with Gasteiger partial charge < -0.3 is 5.32 Å². The van der Waals surface area contributed by atoms with Gasteiger partial charge in [0.2, 0.25) is 0 Å². The molecular formula is C10H14N6O2S. The molecule has 0 saturated carbocycles. The highest BCUT2D eigenvalue weighted by molar-refractivity contribution is 7.89. The van der Waals surface area contributed by atoms with Crippen LogP contribution in [0.2, 0.25) is 0 Å². The van der Waals surface area contributed by atoms with E-state index in [-0.39, 0.29) is 11.6 Å². The first-order chi connectivity index (χ1) is 9.13. The third kappa shape index (κ3) is 3.34. The minimum absolute atomic E-state index is 0.0657. The van der Waals surface area contributed by atoms with E-state index in [4.69, 9.17) is 0 Å². The lowest BCUT2D eigenvalue weighted by Crippen LogP contribution is -2.25. The number of hydrogen-bond donors (Lipinski definition) is 3. The Morgan fingerprint density at radius 3 is 2.89 bits per heavy atom. The Morgan fingerprint density at radius 1 is 1.37 bits per heavy atom. The molecule has 0 aliphatic carbocycles. The van der Waals surface area contributed by atoms with Crippen molar-refractivity contribution in [2.45, 2.75) is 18.1 Å². The van der Waals surface area contributed by atoms with E-state index in [9.17, 15) is 8.42 Å². The Labute approximate surface area is 110 Å². The van der Waals surface area contributed by atoms with E-state index in [0.717, 1.165) is 0 Å². The number of aromatic nitrogens is 4. The van der Waals surface area contributed by atoms with Gasteiger partial charge in [0.05, 0.1) is 18.4 Å². The molecule has 0 atom stereocenters. The zero-order valence-corrected chi connectivity index (χ0v) is 11.1. The number of H-pyrrole nitrogens is 1. The average Bonchev–Trinajstić information content (AvgIpc) is 2.87. The van der Waals surface area contributed by atoms with Crippen molar-refractivity contribution in [3.63, 3.8) is 0 Å². The highest BCUT2D eigenvalue weighted by Crippen LogP contribution is 2.11. The van der Waals surface area contributed by atoms with Crippen LogP contribution in [-0.2, 0) is 23.1 Å². The molecule has 102 valence electrons. The summed E-state index contributed by atoms with van der Waals surface area (Å²) in [5, 5.41) is 9.20. The smallest absolute Gasteiger partial charge is 0.258 e. The summed E-state index contributed by atoms with van der Waals surface area (Å²) >= 11 is 0. The lowest BCUT2D eigenvalue weighted by Gasteiger charge is -2.06. The molecule has 0 aliphatic rings. The van der Waals surface area contributed by atoms with Gasteiger partial charge in [-0.1, -0.05) is 0 Å². The topological polar surface area (TPSA) is 113 Å². The van der Waals surface area contributed by atoms with E-state index in [1.165, 1.54) is 12.5 Å². The summed E-state index contributed by atoms with van der Waals surface area (Å²) in [6.07, 6.45) is 4.40. The van der Waals surface area contributed by atoms with Crippen molar-refractivity contribution in [1.82, 2.24) is 30.2 Å². The molecule has 0 aliphatic heterocycles. The van der Waals surface area contributed by atoms with Crippen LogP contribution in [0.3, 0.4) is 0 Å². The van der Waals surface area contributed by atoms with E-state index < -0.39 is 10.0 Å². The van der Waals surface area contributed by atoms with Crippen LogP contribution in [-0.4, -0.2) is 35.6 Å². The molecule has 0 spiro atoms. The van der Waals surface area contributed by atoms with Gasteiger partial charge in [0.1, 0.15) is 6.33 Å². The summed E-state index contributed by atoms with van der Waals surface area (Å²) in [6.45, 7) is 0.517. The van der Waals surface area contributed by atoms with Crippen LogP contribution in [0.4, 0.5) is 0 Å². The van der Waals surface area contributed by atoms with Crippen molar-refractivity contribution in [2.75, 3.05) is 7.05 Å². The summed E-state index contributed by atoms with van der Waals surface area (Å²) in [5.74, 6) is 0. The molecule has 3 N–H and O–H groups in total. The van der Waals surface area contributed by atoms with Crippen LogP contribution in [0.5, 0.6) is 0 Å².